The second-order valence-electron chi connectivity index (χ2n) is 23.8. The third kappa shape index (κ3) is 29.9. The van der Waals surface area contributed by atoms with Crippen LogP contribution in [0.25, 0.3) is 0 Å². The zero-order valence-corrected chi connectivity index (χ0v) is 59.2. The molecule has 8 aromatic rings. The molecule has 24 heteroatoms. The summed E-state index contributed by atoms with van der Waals surface area (Å²) in [6, 6.07) is 53.1. The molecule has 564 valence electrons. The van der Waals surface area contributed by atoms with Gasteiger partial charge in [-0.1, -0.05) is 0 Å². The van der Waals surface area contributed by atoms with Gasteiger partial charge in [-0.25, -0.2) is 0 Å². The van der Waals surface area contributed by atoms with Gasteiger partial charge in [-0.2, -0.15) is 0 Å². The van der Waals surface area contributed by atoms with Crippen molar-refractivity contribution in [2.75, 3.05) is 139 Å². The van der Waals surface area contributed by atoms with E-state index < -0.39 is 36.1 Å². The van der Waals surface area contributed by atoms with Gasteiger partial charge in [0.05, 0.1) is 92.0 Å². The van der Waals surface area contributed by atoms with Gasteiger partial charge in [-0.15, -0.1) is 0 Å². The quantitative estimate of drug-likeness (QED) is 0.0194. The Morgan fingerprint density at radius 3 is 0.589 bits per heavy atom. The van der Waals surface area contributed by atoms with E-state index in [1.54, 1.807) is 194 Å². The third-order valence-corrected chi connectivity index (χ3v) is 16.6. The second-order valence-corrected chi connectivity index (χ2v) is 23.8. The first-order valence-corrected chi connectivity index (χ1v) is 34.9. The summed E-state index contributed by atoms with van der Waals surface area (Å²) in [5.41, 5.74) is 3.73. The number of hydrogen-bond donors (Lipinski definition) is 0. The van der Waals surface area contributed by atoms with E-state index in [0.29, 0.717) is 90.5 Å². The molecule has 0 saturated heterocycles. The lowest BCUT2D eigenvalue weighted by Gasteiger charge is -2.42. The number of rotatable bonds is 58. The number of aldehydes is 8. The van der Waals surface area contributed by atoms with E-state index >= 15 is 0 Å². The van der Waals surface area contributed by atoms with Crippen LogP contribution in [0.1, 0.15) is 82.9 Å². The highest BCUT2D eigenvalue weighted by Crippen LogP contribution is 2.37. The minimum atomic E-state index is -1.19. The summed E-state index contributed by atoms with van der Waals surface area (Å²) < 4.78 is 104. The molecule has 0 fully saturated rings. The molecule has 0 aliphatic rings. The third-order valence-electron chi connectivity index (χ3n) is 16.6. The van der Waals surface area contributed by atoms with Gasteiger partial charge in [0.2, 0.25) is 0 Å². The molecule has 0 spiro atoms. The monoisotopic (exact) mass is 1470 g/mol. The molecule has 0 aliphatic heterocycles. The first kappa shape index (κ1) is 81.9. The fraction of sp³-hybridized carbons (Fsp3) is 0.325. The Morgan fingerprint density at radius 2 is 0.364 bits per heavy atom. The summed E-state index contributed by atoms with van der Waals surface area (Å²) in [5.74, 6) is 0.786. The van der Waals surface area contributed by atoms with Gasteiger partial charge in [-0.3, -0.25) is 38.4 Å². The standard InChI is InChI=1S/C83H88O24/c84-49-62-1-17-70(18-2-62)97-38-33-92-57-78(80(59-94-35-40-99-72-21-5-64(51-86)6-22-72)82(105-46-43-102-75-27-11-67(54-89)12-28-75)61-96-37-42-101-74-25-9-66(53-88)10-26-74)79(58-93-34-39-98-71-19-3-63(50-85)4-20-71)81(60-95-36-41-100-73-23-7-65(52-87)8-24-73)83(106-47-44-103-76-29-13-68(55-90)14-30-76)107-48-45-104-77-31-15-69(56-91)16-32-77/h1-32,49-56,78-83H,33-48,57-61H2. The molecular formula is C83H88O24. The number of carbonyl (C=O) groups is 8. The van der Waals surface area contributed by atoms with Crippen LogP contribution < -0.4 is 37.9 Å². The van der Waals surface area contributed by atoms with Gasteiger partial charge in [0.1, 0.15) is 149 Å². The van der Waals surface area contributed by atoms with Gasteiger partial charge in [0.15, 0.2) is 6.29 Å². The first-order chi connectivity index (χ1) is 52.7. The molecule has 24 nitrogen and oxygen atoms in total. The number of benzene rings is 8. The number of hydrogen-bond acceptors (Lipinski definition) is 24. The summed E-state index contributed by atoms with van der Waals surface area (Å²) in [6.07, 6.45) is 3.82. The SMILES string of the molecule is O=Cc1ccc(OCCOCC(OCCOc2ccc(C=O)cc2)C(COCCOc2ccc(C=O)cc2)C(COCCOc2ccc(C=O)cc2)C(COCCOc2ccc(C=O)cc2)C(COCCOc2ccc(C=O)cc2)C(OCCOc2ccc(C=O)cc2)OCCOc2ccc(C=O)cc2)cc1. The van der Waals surface area contributed by atoms with E-state index in [9.17, 15) is 38.4 Å². The van der Waals surface area contributed by atoms with Gasteiger partial charge in [-0.05, 0) is 206 Å². The highest BCUT2D eigenvalue weighted by Gasteiger charge is 2.43. The normalized spacial score (nSPS) is 12.5. The Balaban J connectivity index is 1.21. The Hall–Kier alpha value is -10.8. The van der Waals surface area contributed by atoms with Crippen molar-refractivity contribution >= 4 is 50.3 Å². The molecule has 107 heavy (non-hydrogen) atoms. The van der Waals surface area contributed by atoms with E-state index in [1.165, 1.54) is 0 Å². The molecular weight excluding hydrogens is 1380 g/mol. The number of ether oxygens (including phenoxy) is 16. The molecule has 0 aromatic heterocycles. The Bertz CT molecular complexity index is 3780. The van der Waals surface area contributed by atoms with Crippen molar-refractivity contribution in [3.8, 4) is 46.0 Å². The van der Waals surface area contributed by atoms with E-state index in [1.807, 2.05) is 0 Å². The summed E-state index contributed by atoms with van der Waals surface area (Å²) in [6.45, 7) is 0.0955. The summed E-state index contributed by atoms with van der Waals surface area (Å²) in [5, 5.41) is 0. The largest absolute Gasteiger partial charge is 0.491 e. The molecule has 0 heterocycles. The smallest absolute Gasteiger partial charge is 0.163 e. The maximum Gasteiger partial charge on any atom is 0.163 e. The van der Waals surface area contributed by atoms with Gasteiger partial charge in [0, 0.05) is 56.3 Å². The Kier molecular flexibility index (Phi) is 37.0. The van der Waals surface area contributed by atoms with Crippen LogP contribution in [0.4, 0.5) is 0 Å². The first-order valence-electron chi connectivity index (χ1n) is 34.9. The maximum absolute atomic E-state index is 11.6. The van der Waals surface area contributed by atoms with Crippen LogP contribution in [-0.4, -0.2) is 201 Å². The van der Waals surface area contributed by atoms with Crippen LogP contribution in [0.3, 0.4) is 0 Å². The minimum Gasteiger partial charge on any atom is -0.491 e. The maximum atomic E-state index is 11.6. The predicted octanol–water partition coefficient (Wildman–Crippen LogP) is 11.4. The topological polar surface area (TPSA) is 284 Å². The molecule has 0 N–H and O–H groups in total. The van der Waals surface area contributed by atoms with Crippen molar-refractivity contribution in [2.24, 2.45) is 23.7 Å². The van der Waals surface area contributed by atoms with Crippen molar-refractivity contribution in [1.82, 2.24) is 0 Å². The average molecular weight is 1470 g/mol. The molecule has 5 unspecified atom stereocenters. The molecule has 0 saturated carbocycles. The summed E-state index contributed by atoms with van der Waals surface area (Å²) in [7, 11) is 0. The Morgan fingerprint density at radius 1 is 0.187 bits per heavy atom. The lowest BCUT2D eigenvalue weighted by atomic mass is 9.73. The summed E-state index contributed by atoms with van der Waals surface area (Å²) in [4.78, 5) is 92.7. The fourth-order valence-corrected chi connectivity index (χ4v) is 10.9. The lowest BCUT2D eigenvalue weighted by molar-refractivity contribution is -0.215. The molecule has 0 aliphatic carbocycles. The van der Waals surface area contributed by atoms with Crippen LogP contribution in [-0.2, 0) is 37.9 Å². The molecule has 8 rings (SSSR count). The summed E-state index contributed by atoms with van der Waals surface area (Å²) >= 11 is 0. The van der Waals surface area contributed by atoms with Crippen LogP contribution in [0, 0.1) is 23.7 Å². The molecule has 5 atom stereocenters. The predicted molar refractivity (Wildman–Crippen MR) is 392 cm³/mol. The van der Waals surface area contributed by atoms with Crippen LogP contribution in [0.15, 0.2) is 194 Å². The van der Waals surface area contributed by atoms with Gasteiger partial charge in [0.25, 0.3) is 0 Å². The van der Waals surface area contributed by atoms with E-state index in [-0.39, 0.29) is 139 Å². The zero-order chi connectivity index (χ0) is 75.1. The molecule has 0 amide bonds. The van der Waals surface area contributed by atoms with Crippen molar-refractivity contribution in [3.63, 3.8) is 0 Å². The average Bonchev–Trinajstić information content (AvgIpc) is 0.809. The van der Waals surface area contributed by atoms with E-state index in [0.717, 1.165) is 50.3 Å². The second kappa shape index (κ2) is 48.3. The molecule has 0 bridgehead atoms. The van der Waals surface area contributed by atoms with Gasteiger partial charge >= 0.3 is 0 Å². The zero-order valence-electron chi connectivity index (χ0n) is 59.2. The highest BCUT2D eigenvalue weighted by atomic mass is 16.7. The van der Waals surface area contributed by atoms with Crippen LogP contribution >= 0.6 is 0 Å². The molecule has 0 radical (unpaired) electrons. The lowest BCUT2D eigenvalue weighted by Crippen LogP contribution is -2.49. The van der Waals surface area contributed by atoms with Crippen molar-refractivity contribution < 1.29 is 114 Å². The van der Waals surface area contributed by atoms with E-state index in [2.05, 4.69) is 0 Å². The van der Waals surface area contributed by atoms with Crippen molar-refractivity contribution in [2.45, 2.75) is 12.4 Å². The van der Waals surface area contributed by atoms with Crippen molar-refractivity contribution in [3.05, 3.63) is 239 Å². The Labute approximate surface area is 621 Å². The van der Waals surface area contributed by atoms with E-state index in [4.69, 9.17) is 75.8 Å². The van der Waals surface area contributed by atoms with Crippen molar-refractivity contribution in [1.29, 1.82) is 0 Å². The highest BCUT2D eigenvalue weighted by molar-refractivity contribution is 5.78. The van der Waals surface area contributed by atoms with Crippen LogP contribution in [0.5, 0.6) is 46.0 Å². The fourth-order valence-electron chi connectivity index (χ4n) is 10.9. The minimum absolute atomic E-state index is 0.00498. The van der Waals surface area contributed by atoms with Gasteiger partial charge < -0.3 is 75.8 Å². The molecule has 8 aromatic carbocycles. The number of carbonyl (C=O) groups excluding carboxylic acids is 8. The van der Waals surface area contributed by atoms with Crippen LogP contribution in [0.2, 0.25) is 0 Å².